The molecule has 2 rings (SSSR count). The summed E-state index contributed by atoms with van der Waals surface area (Å²) in [7, 11) is 0. The van der Waals surface area contributed by atoms with Crippen LogP contribution in [0.4, 0.5) is 23.7 Å². The average Bonchev–Trinajstić information content (AvgIpc) is 2.77. The van der Waals surface area contributed by atoms with Crippen molar-refractivity contribution in [3.8, 4) is 0 Å². The number of amides is 2. The second kappa shape index (κ2) is 5.65. The van der Waals surface area contributed by atoms with E-state index in [9.17, 15) is 22.8 Å². The Balaban J connectivity index is 2.16. The van der Waals surface area contributed by atoms with Gasteiger partial charge in [-0.25, -0.2) is 0 Å². The van der Waals surface area contributed by atoms with E-state index in [4.69, 9.17) is 0 Å². The summed E-state index contributed by atoms with van der Waals surface area (Å²) in [5.41, 5.74) is -0.850. The van der Waals surface area contributed by atoms with Crippen molar-refractivity contribution in [2.75, 3.05) is 11.1 Å². The molecule has 4 nitrogen and oxygen atoms in total. The molecule has 0 radical (unpaired) electrons. The first-order chi connectivity index (χ1) is 9.27. The second-order valence-electron chi connectivity index (χ2n) is 3.98. The number of benzene rings is 1. The van der Waals surface area contributed by atoms with Gasteiger partial charge < -0.3 is 10.6 Å². The highest BCUT2D eigenvalue weighted by atomic mass is 79.9. The zero-order valence-corrected chi connectivity index (χ0v) is 12.2. The number of thioether (sulfide) groups is 1. The molecule has 20 heavy (non-hydrogen) atoms. The molecule has 1 atom stereocenters. The van der Waals surface area contributed by atoms with Gasteiger partial charge in [0.15, 0.2) is 0 Å². The van der Waals surface area contributed by atoms with Crippen molar-refractivity contribution in [2.24, 2.45) is 0 Å². The van der Waals surface area contributed by atoms with Crippen LogP contribution in [0.5, 0.6) is 0 Å². The summed E-state index contributed by atoms with van der Waals surface area (Å²) in [4.78, 5) is 22.8. The van der Waals surface area contributed by atoms with Gasteiger partial charge in [-0.3, -0.25) is 9.59 Å². The van der Waals surface area contributed by atoms with Gasteiger partial charge in [0.25, 0.3) is 5.24 Å². The molecule has 1 aliphatic rings. The lowest BCUT2D eigenvalue weighted by Gasteiger charge is -2.14. The maximum Gasteiger partial charge on any atom is 0.416 e. The maximum absolute atomic E-state index is 12.6. The number of carbonyl (C=O) groups excluding carboxylic acids is 2. The molecule has 0 spiro atoms. The Labute approximate surface area is 124 Å². The number of rotatable bonds is 2. The van der Waals surface area contributed by atoms with Gasteiger partial charge in [-0.1, -0.05) is 11.8 Å². The average molecular weight is 369 g/mol. The fourth-order valence-corrected chi connectivity index (χ4v) is 2.67. The molecule has 1 heterocycles. The standard InChI is InChI=1S/C11H8BrF3N2O2S/c12-6-2-1-5(11(13,14)15)3-7(6)16-9(18)8-4-20-10(19)17-8/h1-3,8H,4H2,(H,16,18)(H,17,19). The van der Waals surface area contributed by atoms with Crippen LogP contribution in [0.25, 0.3) is 0 Å². The molecule has 108 valence electrons. The highest BCUT2D eigenvalue weighted by Crippen LogP contribution is 2.34. The van der Waals surface area contributed by atoms with Crippen LogP contribution in [0.15, 0.2) is 22.7 Å². The number of anilines is 1. The van der Waals surface area contributed by atoms with Crippen molar-refractivity contribution in [3.63, 3.8) is 0 Å². The summed E-state index contributed by atoms with van der Waals surface area (Å²) < 4.78 is 38.1. The van der Waals surface area contributed by atoms with Crippen LogP contribution in [0.2, 0.25) is 0 Å². The molecule has 2 N–H and O–H groups in total. The Bertz CT molecular complexity index is 565. The van der Waals surface area contributed by atoms with E-state index in [-0.39, 0.29) is 16.7 Å². The van der Waals surface area contributed by atoms with Crippen molar-refractivity contribution < 1.29 is 22.8 Å². The fraction of sp³-hybridized carbons (Fsp3) is 0.273. The van der Waals surface area contributed by atoms with Gasteiger partial charge in [-0.2, -0.15) is 13.2 Å². The molecule has 1 fully saturated rings. The van der Waals surface area contributed by atoms with Gasteiger partial charge in [0, 0.05) is 10.2 Å². The smallest absolute Gasteiger partial charge is 0.334 e. The van der Waals surface area contributed by atoms with Crippen LogP contribution in [0.1, 0.15) is 5.56 Å². The Morgan fingerprint density at radius 2 is 2.15 bits per heavy atom. The molecule has 1 saturated heterocycles. The van der Waals surface area contributed by atoms with E-state index < -0.39 is 23.7 Å². The number of nitrogens with one attached hydrogen (secondary N) is 2. The van der Waals surface area contributed by atoms with Crippen molar-refractivity contribution >= 4 is 44.5 Å². The third kappa shape index (κ3) is 3.45. The Hall–Kier alpha value is -1.22. The molecule has 9 heteroatoms. The van der Waals surface area contributed by atoms with Crippen molar-refractivity contribution in [3.05, 3.63) is 28.2 Å². The third-order valence-electron chi connectivity index (χ3n) is 2.54. The summed E-state index contributed by atoms with van der Waals surface area (Å²) in [6.07, 6.45) is -4.49. The van der Waals surface area contributed by atoms with Crippen LogP contribution >= 0.6 is 27.7 Å². The molecule has 1 aromatic carbocycles. The molecule has 0 aliphatic carbocycles. The van der Waals surface area contributed by atoms with E-state index in [1.54, 1.807) is 0 Å². The molecular formula is C11H8BrF3N2O2S. The van der Waals surface area contributed by atoms with Crippen LogP contribution in [-0.2, 0) is 11.0 Å². The topological polar surface area (TPSA) is 58.2 Å². The van der Waals surface area contributed by atoms with Crippen LogP contribution < -0.4 is 10.6 Å². The normalized spacial score (nSPS) is 18.8. The largest absolute Gasteiger partial charge is 0.416 e. The zero-order valence-electron chi connectivity index (χ0n) is 9.75. The second-order valence-corrected chi connectivity index (χ2v) is 5.82. The van der Waals surface area contributed by atoms with E-state index >= 15 is 0 Å². The first-order valence-corrected chi connectivity index (χ1v) is 7.16. The highest BCUT2D eigenvalue weighted by Gasteiger charge is 2.32. The molecule has 1 aromatic rings. The summed E-state index contributed by atoms with van der Waals surface area (Å²) in [5, 5.41) is 4.46. The SMILES string of the molecule is O=C1NC(C(=O)Nc2cc(C(F)(F)F)ccc2Br)CS1. The van der Waals surface area contributed by atoms with Gasteiger partial charge in [-0.05, 0) is 34.1 Å². The van der Waals surface area contributed by atoms with Gasteiger partial charge in [0.05, 0.1) is 11.3 Å². The molecule has 0 aromatic heterocycles. The fourth-order valence-electron chi connectivity index (χ4n) is 1.54. The summed E-state index contributed by atoms with van der Waals surface area (Å²) in [6, 6.07) is 2.22. The molecule has 2 amide bonds. The third-order valence-corrected chi connectivity index (χ3v) is 4.11. The summed E-state index contributed by atoms with van der Waals surface area (Å²) >= 11 is 4.02. The van der Waals surface area contributed by atoms with Gasteiger partial charge >= 0.3 is 6.18 Å². The number of carbonyl (C=O) groups is 2. The van der Waals surface area contributed by atoms with E-state index in [1.807, 2.05) is 0 Å². The van der Waals surface area contributed by atoms with E-state index in [2.05, 4.69) is 26.6 Å². The van der Waals surface area contributed by atoms with Crippen molar-refractivity contribution in [2.45, 2.75) is 12.2 Å². The zero-order chi connectivity index (χ0) is 14.9. The first-order valence-electron chi connectivity index (χ1n) is 5.38. The highest BCUT2D eigenvalue weighted by molar-refractivity contribution is 9.10. The maximum atomic E-state index is 12.6. The number of hydrogen-bond acceptors (Lipinski definition) is 3. The Kier molecular flexibility index (Phi) is 4.28. The van der Waals surface area contributed by atoms with Gasteiger partial charge in [0.1, 0.15) is 6.04 Å². The minimum atomic E-state index is -4.49. The number of alkyl halides is 3. The lowest BCUT2D eigenvalue weighted by atomic mass is 10.2. The predicted molar refractivity (Wildman–Crippen MR) is 72.6 cm³/mol. The monoisotopic (exact) mass is 368 g/mol. The summed E-state index contributed by atoms with van der Waals surface area (Å²) in [6.45, 7) is 0. The lowest BCUT2D eigenvalue weighted by molar-refractivity contribution is -0.137. The molecule has 0 bridgehead atoms. The minimum Gasteiger partial charge on any atom is -0.334 e. The van der Waals surface area contributed by atoms with Gasteiger partial charge in [-0.15, -0.1) is 0 Å². The number of hydrogen-bond donors (Lipinski definition) is 2. The quantitative estimate of drug-likeness (QED) is 0.842. The van der Waals surface area contributed by atoms with E-state index in [0.717, 1.165) is 23.9 Å². The Morgan fingerprint density at radius 3 is 2.70 bits per heavy atom. The molecule has 0 saturated carbocycles. The number of halogens is 4. The van der Waals surface area contributed by atoms with Crippen molar-refractivity contribution in [1.29, 1.82) is 0 Å². The lowest BCUT2D eigenvalue weighted by Crippen LogP contribution is -2.38. The van der Waals surface area contributed by atoms with E-state index in [1.165, 1.54) is 6.07 Å². The first kappa shape index (κ1) is 15.2. The predicted octanol–water partition coefficient (Wildman–Crippen LogP) is 3.23. The summed E-state index contributed by atoms with van der Waals surface area (Å²) in [5.74, 6) is -0.301. The molecule has 1 aliphatic heterocycles. The Morgan fingerprint density at radius 1 is 1.45 bits per heavy atom. The van der Waals surface area contributed by atoms with Crippen LogP contribution in [-0.4, -0.2) is 22.9 Å². The minimum absolute atomic E-state index is 0.0102. The molecular weight excluding hydrogens is 361 g/mol. The van der Waals surface area contributed by atoms with E-state index in [0.29, 0.717) is 4.47 Å². The van der Waals surface area contributed by atoms with Gasteiger partial charge in [0.2, 0.25) is 5.91 Å². The van der Waals surface area contributed by atoms with Crippen LogP contribution in [0.3, 0.4) is 0 Å². The van der Waals surface area contributed by atoms with Crippen molar-refractivity contribution in [1.82, 2.24) is 5.32 Å². The molecule has 1 unspecified atom stereocenters. The van der Waals surface area contributed by atoms with Crippen LogP contribution in [0, 0.1) is 0 Å².